The van der Waals surface area contributed by atoms with Gasteiger partial charge in [0.15, 0.2) is 5.76 Å². The standard InChI is InChI=1S/C20H17BrN2O3S/c21-12-7-9-13(10-8-12)22-19(25)17-14-4-1-2-6-16(14)27-20(17)23-18(24)15-5-3-11-26-15/h3,5,7-11H,1-2,4,6H2,(H,22,25)(H,23,24). The summed E-state index contributed by atoms with van der Waals surface area (Å²) in [5.74, 6) is -0.330. The number of carbonyl (C=O) groups excluding carboxylic acids is 2. The Morgan fingerprint density at radius 1 is 1.00 bits per heavy atom. The van der Waals surface area contributed by atoms with Crippen LogP contribution >= 0.6 is 27.3 Å². The summed E-state index contributed by atoms with van der Waals surface area (Å²) < 4.78 is 6.11. The molecule has 2 amide bonds. The molecule has 0 aliphatic heterocycles. The number of benzene rings is 1. The smallest absolute Gasteiger partial charge is 0.291 e. The predicted octanol–water partition coefficient (Wildman–Crippen LogP) is 5.49. The van der Waals surface area contributed by atoms with Gasteiger partial charge in [0, 0.05) is 15.0 Å². The van der Waals surface area contributed by atoms with Gasteiger partial charge in [0.05, 0.1) is 11.8 Å². The summed E-state index contributed by atoms with van der Waals surface area (Å²) in [6, 6.07) is 10.7. The number of hydrogen-bond acceptors (Lipinski definition) is 4. The Hall–Kier alpha value is -2.38. The molecule has 1 aliphatic rings. The van der Waals surface area contributed by atoms with Crippen molar-refractivity contribution in [3.05, 3.63) is 68.9 Å². The van der Waals surface area contributed by atoms with E-state index >= 15 is 0 Å². The van der Waals surface area contributed by atoms with Crippen LogP contribution < -0.4 is 10.6 Å². The first-order valence-electron chi connectivity index (χ1n) is 8.68. The maximum Gasteiger partial charge on any atom is 0.291 e. The van der Waals surface area contributed by atoms with E-state index in [2.05, 4.69) is 26.6 Å². The zero-order valence-electron chi connectivity index (χ0n) is 14.4. The van der Waals surface area contributed by atoms with Crippen LogP contribution in [0.1, 0.15) is 44.2 Å². The molecule has 0 spiro atoms. The van der Waals surface area contributed by atoms with Crippen LogP contribution in [-0.4, -0.2) is 11.8 Å². The van der Waals surface area contributed by atoms with Crippen LogP contribution in [0, 0.1) is 0 Å². The molecule has 1 aromatic carbocycles. The lowest BCUT2D eigenvalue weighted by Crippen LogP contribution is -2.18. The largest absolute Gasteiger partial charge is 0.459 e. The summed E-state index contributed by atoms with van der Waals surface area (Å²) in [6.07, 6.45) is 5.40. The second kappa shape index (κ2) is 7.70. The Morgan fingerprint density at radius 2 is 1.78 bits per heavy atom. The molecule has 0 bridgehead atoms. The van der Waals surface area contributed by atoms with Crippen LogP contribution in [0.5, 0.6) is 0 Å². The van der Waals surface area contributed by atoms with Crippen molar-refractivity contribution >= 4 is 49.8 Å². The van der Waals surface area contributed by atoms with Gasteiger partial charge in [-0.25, -0.2) is 0 Å². The Kier molecular flexibility index (Phi) is 5.13. The van der Waals surface area contributed by atoms with Crippen LogP contribution in [-0.2, 0) is 12.8 Å². The molecule has 0 radical (unpaired) electrons. The molecular formula is C20H17BrN2O3S. The summed E-state index contributed by atoms with van der Waals surface area (Å²) in [4.78, 5) is 26.6. The van der Waals surface area contributed by atoms with Crippen LogP contribution in [0.2, 0.25) is 0 Å². The van der Waals surface area contributed by atoms with Gasteiger partial charge in [0.25, 0.3) is 11.8 Å². The molecule has 0 saturated carbocycles. The van der Waals surface area contributed by atoms with Gasteiger partial charge in [-0.2, -0.15) is 0 Å². The van der Waals surface area contributed by atoms with Crippen molar-refractivity contribution < 1.29 is 14.0 Å². The number of amides is 2. The molecule has 0 unspecified atom stereocenters. The molecule has 1 aliphatic carbocycles. The predicted molar refractivity (Wildman–Crippen MR) is 110 cm³/mol. The number of anilines is 2. The van der Waals surface area contributed by atoms with Crippen LogP contribution in [0.15, 0.2) is 51.6 Å². The van der Waals surface area contributed by atoms with Crippen molar-refractivity contribution in [1.29, 1.82) is 0 Å². The lowest BCUT2D eigenvalue weighted by molar-refractivity contribution is 0.0997. The highest BCUT2D eigenvalue weighted by Gasteiger charge is 2.27. The second-order valence-electron chi connectivity index (χ2n) is 6.31. The quantitative estimate of drug-likeness (QED) is 0.558. The van der Waals surface area contributed by atoms with E-state index in [1.807, 2.05) is 24.3 Å². The normalized spacial score (nSPS) is 13.1. The highest BCUT2D eigenvalue weighted by atomic mass is 79.9. The summed E-state index contributed by atoms with van der Waals surface area (Å²) in [6.45, 7) is 0. The fourth-order valence-corrected chi connectivity index (χ4v) is 4.74. The molecule has 2 heterocycles. The van der Waals surface area contributed by atoms with Crippen molar-refractivity contribution in [1.82, 2.24) is 0 Å². The number of nitrogens with one attached hydrogen (secondary N) is 2. The van der Waals surface area contributed by atoms with E-state index in [1.54, 1.807) is 12.1 Å². The minimum absolute atomic E-state index is 0.202. The molecule has 4 rings (SSSR count). The number of fused-ring (bicyclic) bond motifs is 1. The summed E-state index contributed by atoms with van der Waals surface area (Å²) in [5.41, 5.74) is 2.33. The van der Waals surface area contributed by atoms with Gasteiger partial charge in [-0.15, -0.1) is 11.3 Å². The first kappa shape index (κ1) is 18.0. The Labute approximate surface area is 168 Å². The Bertz CT molecular complexity index is 978. The van der Waals surface area contributed by atoms with E-state index in [0.29, 0.717) is 16.3 Å². The van der Waals surface area contributed by atoms with E-state index < -0.39 is 0 Å². The zero-order chi connectivity index (χ0) is 18.8. The zero-order valence-corrected chi connectivity index (χ0v) is 16.8. The highest BCUT2D eigenvalue weighted by Crippen LogP contribution is 2.38. The molecule has 5 nitrogen and oxygen atoms in total. The van der Waals surface area contributed by atoms with Crippen LogP contribution in [0.3, 0.4) is 0 Å². The number of thiophene rings is 1. The fraction of sp³-hybridized carbons (Fsp3) is 0.200. The summed E-state index contributed by atoms with van der Waals surface area (Å²) in [7, 11) is 0. The summed E-state index contributed by atoms with van der Waals surface area (Å²) >= 11 is 4.88. The molecule has 2 N–H and O–H groups in total. The molecule has 0 atom stereocenters. The van der Waals surface area contributed by atoms with E-state index in [9.17, 15) is 9.59 Å². The van der Waals surface area contributed by atoms with Gasteiger partial charge in [0.2, 0.25) is 0 Å². The van der Waals surface area contributed by atoms with Gasteiger partial charge in [-0.05, 0) is 67.6 Å². The van der Waals surface area contributed by atoms with E-state index in [4.69, 9.17) is 4.42 Å². The molecule has 138 valence electrons. The SMILES string of the molecule is O=C(Nc1sc2c(c1C(=O)Nc1ccc(Br)cc1)CCCC2)c1ccco1. The number of rotatable bonds is 4. The topological polar surface area (TPSA) is 71.3 Å². The monoisotopic (exact) mass is 444 g/mol. The first-order chi connectivity index (χ1) is 13.1. The second-order valence-corrected chi connectivity index (χ2v) is 8.33. The summed E-state index contributed by atoms with van der Waals surface area (Å²) in [5, 5.41) is 6.39. The third-order valence-corrected chi connectivity index (χ3v) is 6.21. The third kappa shape index (κ3) is 3.84. The van der Waals surface area contributed by atoms with Gasteiger partial charge >= 0.3 is 0 Å². The molecule has 27 heavy (non-hydrogen) atoms. The fourth-order valence-electron chi connectivity index (χ4n) is 3.19. The van der Waals surface area contributed by atoms with Crippen molar-refractivity contribution in [2.45, 2.75) is 25.7 Å². The average molecular weight is 445 g/mol. The van der Waals surface area contributed by atoms with Gasteiger partial charge < -0.3 is 15.1 Å². The maximum atomic E-state index is 13.0. The van der Waals surface area contributed by atoms with Crippen LogP contribution in [0.4, 0.5) is 10.7 Å². The highest BCUT2D eigenvalue weighted by molar-refractivity contribution is 9.10. The van der Waals surface area contributed by atoms with Gasteiger partial charge in [-0.3, -0.25) is 9.59 Å². The molecular weight excluding hydrogens is 428 g/mol. The average Bonchev–Trinajstić information content (AvgIpc) is 3.31. The van der Waals surface area contributed by atoms with Crippen molar-refractivity contribution in [2.24, 2.45) is 0 Å². The molecule has 0 saturated heterocycles. The molecule has 0 fully saturated rings. The number of halogens is 1. The Morgan fingerprint density at radius 3 is 2.52 bits per heavy atom. The molecule has 2 aromatic heterocycles. The number of furan rings is 1. The van der Waals surface area contributed by atoms with Crippen LogP contribution in [0.25, 0.3) is 0 Å². The minimum atomic E-state index is -0.351. The minimum Gasteiger partial charge on any atom is -0.459 e. The van der Waals surface area contributed by atoms with E-state index in [1.165, 1.54) is 22.5 Å². The lowest BCUT2D eigenvalue weighted by Gasteiger charge is -2.13. The lowest BCUT2D eigenvalue weighted by atomic mass is 9.95. The third-order valence-electron chi connectivity index (χ3n) is 4.47. The van der Waals surface area contributed by atoms with Gasteiger partial charge in [0.1, 0.15) is 5.00 Å². The van der Waals surface area contributed by atoms with Crippen molar-refractivity contribution in [2.75, 3.05) is 10.6 Å². The maximum absolute atomic E-state index is 13.0. The van der Waals surface area contributed by atoms with E-state index in [-0.39, 0.29) is 17.6 Å². The Balaban J connectivity index is 1.65. The molecule has 3 aromatic rings. The van der Waals surface area contributed by atoms with Crippen molar-refractivity contribution in [3.63, 3.8) is 0 Å². The van der Waals surface area contributed by atoms with Crippen molar-refractivity contribution in [3.8, 4) is 0 Å². The van der Waals surface area contributed by atoms with E-state index in [0.717, 1.165) is 35.7 Å². The number of hydrogen-bond donors (Lipinski definition) is 2. The first-order valence-corrected chi connectivity index (χ1v) is 10.3. The number of carbonyl (C=O) groups is 2. The molecule has 7 heteroatoms. The van der Waals surface area contributed by atoms with Gasteiger partial charge in [-0.1, -0.05) is 15.9 Å². The number of aryl methyl sites for hydroxylation is 1.